The van der Waals surface area contributed by atoms with E-state index in [-0.39, 0.29) is 29.8 Å². The Morgan fingerprint density at radius 3 is 2.15 bits per heavy atom. The number of carbonyl (C=O) groups excluding carboxylic acids is 2. The van der Waals surface area contributed by atoms with Gasteiger partial charge in [0.15, 0.2) is 0 Å². The van der Waals surface area contributed by atoms with E-state index in [1.807, 2.05) is 41.5 Å². The van der Waals surface area contributed by atoms with Crippen molar-refractivity contribution in [2.75, 3.05) is 13.2 Å². The summed E-state index contributed by atoms with van der Waals surface area (Å²) in [7, 11) is 0. The van der Waals surface area contributed by atoms with Crippen LogP contribution in [0.25, 0.3) is 0 Å². The van der Waals surface area contributed by atoms with Gasteiger partial charge in [0, 0.05) is 6.54 Å². The number of piperazine rings is 1. The van der Waals surface area contributed by atoms with E-state index in [2.05, 4.69) is 5.32 Å². The van der Waals surface area contributed by atoms with Crippen molar-refractivity contribution in [1.82, 2.24) is 10.2 Å². The minimum Gasteiger partial charge on any atom is -0.377 e. The van der Waals surface area contributed by atoms with Crippen molar-refractivity contribution < 1.29 is 14.3 Å². The van der Waals surface area contributed by atoms with Gasteiger partial charge in [-0.2, -0.15) is 0 Å². The summed E-state index contributed by atoms with van der Waals surface area (Å²) in [6.07, 6.45) is 0.127. The van der Waals surface area contributed by atoms with E-state index in [1.165, 1.54) is 0 Å². The molecule has 5 heteroatoms. The second kappa shape index (κ2) is 7.07. The molecule has 0 radical (unpaired) electrons. The molecule has 1 aliphatic rings. The van der Waals surface area contributed by atoms with Gasteiger partial charge in [0.05, 0.1) is 12.7 Å². The van der Waals surface area contributed by atoms with E-state index in [9.17, 15) is 9.59 Å². The van der Waals surface area contributed by atoms with Crippen LogP contribution < -0.4 is 5.32 Å². The molecule has 2 atom stereocenters. The fourth-order valence-corrected chi connectivity index (χ4v) is 2.51. The van der Waals surface area contributed by atoms with E-state index in [4.69, 9.17) is 4.74 Å². The minimum absolute atomic E-state index is 0.00524. The highest BCUT2D eigenvalue weighted by Crippen LogP contribution is 2.20. The summed E-state index contributed by atoms with van der Waals surface area (Å²) in [5.41, 5.74) is 0. The average Bonchev–Trinajstić information content (AvgIpc) is 2.31. The summed E-state index contributed by atoms with van der Waals surface area (Å²) < 4.78 is 5.53. The minimum atomic E-state index is -0.420. The van der Waals surface area contributed by atoms with Gasteiger partial charge in [-0.05, 0) is 25.7 Å². The molecule has 0 saturated carbocycles. The molecule has 20 heavy (non-hydrogen) atoms. The predicted molar refractivity (Wildman–Crippen MR) is 78.2 cm³/mol. The maximum Gasteiger partial charge on any atom is 0.246 e. The van der Waals surface area contributed by atoms with E-state index in [1.54, 1.807) is 4.90 Å². The van der Waals surface area contributed by atoms with Crippen molar-refractivity contribution in [2.45, 2.75) is 59.7 Å². The molecule has 0 aromatic rings. The topological polar surface area (TPSA) is 58.6 Å². The number of nitrogens with zero attached hydrogens (tertiary/aromatic N) is 1. The average molecular weight is 284 g/mol. The van der Waals surface area contributed by atoms with Crippen LogP contribution in [0.4, 0.5) is 0 Å². The fourth-order valence-electron chi connectivity index (χ4n) is 2.51. The van der Waals surface area contributed by atoms with Crippen LogP contribution in [-0.2, 0) is 14.3 Å². The number of rotatable bonds is 6. The van der Waals surface area contributed by atoms with Crippen molar-refractivity contribution in [1.29, 1.82) is 0 Å². The second-order valence-corrected chi connectivity index (χ2v) is 6.37. The normalized spacial score (nSPS) is 23.9. The van der Waals surface area contributed by atoms with E-state index in [0.29, 0.717) is 13.2 Å². The first kappa shape index (κ1) is 17.0. The van der Waals surface area contributed by atoms with Crippen LogP contribution in [0.1, 0.15) is 41.5 Å². The van der Waals surface area contributed by atoms with Crippen LogP contribution in [-0.4, -0.2) is 48.1 Å². The summed E-state index contributed by atoms with van der Waals surface area (Å²) in [6.45, 7) is 12.7. The van der Waals surface area contributed by atoms with Gasteiger partial charge in [-0.1, -0.05) is 27.7 Å². The van der Waals surface area contributed by atoms with Gasteiger partial charge in [0.25, 0.3) is 0 Å². The van der Waals surface area contributed by atoms with Gasteiger partial charge in [-0.15, -0.1) is 0 Å². The first-order valence-corrected chi connectivity index (χ1v) is 7.48. The molecule has 2 amide bonds. The molecule has 0 bridgehead atoms. The molecular weight excluding hydrogens is 256 g/mol. The zero-order valence-electron chi connectivity index (χ0n) is 13.5. The van der Waals surface area contributed by atoms with Crippen molar-refractivity contribution >= 4 is 11.8 Å². The van der Waals surface area contributed by atoms with Crippen LogP contribution in [0, 0.1) is 11.8 Å². The summed E-state index contributed by atoms with van der Waals surface area (Å²) in [6, 6.07) is -0.815. The Morgan fingerprint density at radius 2 is 1.70 bits per heavy atom. The molecule has 1 aliphatic heterocycles. The monoisotopic (exact) mass is 284 g/mol. The van der Waals surface area contributed by atoms with Crippen molar-refractivity contribution in [2.24, 2.45) is 11.8 Å². The van der Waals surface area contributed by atoms with Gasteiger partial charge in [0.2, 0.25) is 11.8 Å². The highest BCUT2D eigenvalue weighted by atomic mass is 16.5. The Morgan fingerprint density at radius 1 is 1.10 bits per heavy atom. The molecule has 0 spiro atoms. The maximum absolute atomic E-state index is 12.6. The highest BCUT2D eigenvalue weighted by molar-refractivity contribution is 5.97. The van der Waals surface area contributed by atoms with Crippen molar-refractivity contribution in [3.05, 3.63) is 0 Å². The Labute approximate surface area is 122 Å². The smallest absolute Gasteiger partial charge is 0.246 e. The lowest BCUT2D eigenvalue weighted by atomic mass is 9.93. The number of amides is 2. The summed E-state index contributed by atoms with van der Waals surface area (Å²) >= 11 is 0. The van der Waals surface area contributed by atoms with Gasteiger partial charge in [0.1, 0.15) is 12.1 Å². The molecular formula is C15H28N2O3. The lowest BCUT2D eigenvalue weighted by molar-refractivity contribution is -0.153. The van der Waals surface area contributed by atoms with Crippen LogP contribution in [0.3, 0.4) is 0 Å². The molecule has 2 unspecified atom stereocenters. The fraction of sp³-hybridized carbons (Fsp3) is 0.867. The van der Waals surface area contributed by atoms with Crippen molar-refractivity contribution in [3.8, 4) is 0 Å². The summed E-state index contributed by atoms with van der Waals surface area (Å²) in [5.74, 6) is 0.132. The first-order valence-electron chi connectivity index (χ1n) is 7.48. The predicted octanol–water partition coefficient (Wildman–Crippen LogP) is 1.42. The maximum atomic E-state index is 12.6. The van der Waals surface area contributed by atoms with Gasteiger partial charge in [-0.3, -0.25) is 9.59 Å². The van der Waals surface area contributed by atoms with Crippen LogP contribution in [0.15, 0.2) is 0 Å². The molecule has 1 saturated heterocycles. The molecule has 0 aromatic heterocycles. The van der Waals surface area contributed by atoms with E-state index < -0.39 is 12.1 Å². The number of ether oxygens (including phenoxy) is 1. The van der Waals surface area contributed by atoms with Crippen LogP contribution >= 0.6 is 0 Å². The molecule has 0 aliphatic carbocycles. The molecule has 1 fully saturated rings. The number of hydrogen-bond acceptors (Lipinski definition) is 3. The number of carbonyl (C=O) groups is 2. The Balaban J connectivity index is 2.84. The van der Waals surface area contributed by atoms with Crippen LogP contribution in [0.2, 0.25) is 0 Å². The lowest BCUT2D eigenvalue weighted by Crippen LogP contribution is -2.66. The lowest BCUT2D eigenvalue weighted by Gasteiger charge is -2.42. The van der Waals surface area contributed by atoms with Gasteiger partial charge >= 0.3 is 0 Å². The quantitative estimate of drug-likeness (QED) is 0.802. The molecule has 1 rings (SSSR count). The Kier molecular flexibility index (Phi) is 5.99. The number of nitrogens with one attached hydrogen (secondary N) is 1. The highest BCUT2D eigenvalue weighted by Gasteiger charge is 2.42. The molecule has 0 aromatic carbocycles. The zero-order chi connectivity index (χ0) is 15.4. The standard InChI is InChI=1S/C15H28N2O3/c1-9(2)12-15(19)17(7-8-20-11(5)6)13(10(3)4)14(18)16-12/h9-13H,7-8H2,1-6H3,(H,16,18). The number of hydrogen-bond donors (Lipinski definition) is 1. The summed E-state index contributed by atoms with van der Waals surface area (Å²) in [5, 5.41) is 2.86. The van der Waals surface area contributed by atoms with Gasteiger partial charge in [-0.25, -0.2) is 0 Å². The third-order valence-electron chi connectivity index (χ3n) is 3.53. The molecule has 116 valence electrons. The Bertz CT molecular complexity index is 353. The molecule has 1 N–H and O–H groups in total. The van der Waals surface area contributed by atoms with E-state index >= 15 is 0 Å². The Hall–Kier alpha value is -1.10. The molecule has 1 heterocycles. The SMILES string of the molecule is CC(C)OCCN1C(=O)C(C(C)C)NC(=O)C1C(C)C. The van der Waals surface area contributed by atoms with Crippen LogP contribution in [0.5, 0.6) is 0 Å². The third-order valence-corrected chi connectivity index (χ3v) is 3.53. The molecule has 5 nitrogen and oxygen atoms in total. The second-order valence-electron chi connectivity index (χ2n) is 6.37. The largest absolute Gasteiger partial charge is 0.377 e. The first-order chi connectivity index (χ1) is 9.25. The van der Waals surface area contributed by atoms with E-state index in [0.717, 1.165) is 0 Å². The third kappa shape index (κ3) is 3.95. The zero-order valence-corrected chi connectivity index (χ0v) is 13.5. The summed E-state index contributed by atoms with van der Waals surface area (Å²) in [4.78, 5) is 26.5. The van der Waals surface area contributed by atoms with Crippen molar-refractivity contribution in [3.63, 3.8) is 0 Å². The van der Waals surface area contributed by atoms with Gasteiger partial charge < -0.3 is 15.0 Å².